The first-order chi connectivity index (χ1) is 14.0. The van der Waals surface area contributed by atoms with Crippen LogP contribution in [-0.4, -0.2) is 41.3 Å². The van der Waals surface area contributed by atoms with E-state index in [2.05, 4.69) is 21.2 Å². The fourth-order valence-corrected chi connectivity index (χ4v) is 3.35. The van der Waals surface area contributed by atoms with Gasteiger partial charge in [-0.05, 0) is 61.4 Å². The molecule has 3 N–H and O–H groups in total. The van der Waals surface area contributed by atoms with Gasteiger partial charge in [-0.25, -0.2) is 0 Å². The Labute approximate surface area is 182 Å². The molecule has 8 heteroatoms. The van der Waals surface area contributed by atoms with Crippen molar-refractivity contribution < 1.29 is 14.6 Å². The maximum absolute atomic E-state index is 13.1. The number of ether oxygens (including phenoxy) is 1. The number of benzene rings is 2. The molecule has 152 valence electrons. The summed E-state index contributed by atoms with van der Waals surface area (Å²) in [6.07, 6.45) is 1.90. The zero-order valence-electron chi connectivity index (χ0n) is 15.6. The van der Waals surface area contributed by atoms with Gasteiger partial charge in [-0.1, -0.05) is 27.5 Å². The second-order valence-electron chi connectivity index (χ2n) is 6.59. The van der Waals surface area contributed by atoms with Gasteiger partial charge in [0.05, 0.1) is 6.10 Å². The molecule has 1 heterocycles. The Hall–Kier alpha value is -2.35. The molecule has 1 amide bonds. The standard InChI is InChI=1S/C21H21BrClN3O3/c22-14-1-7-18(8-2-14)29-20(19(13-24)26-11-9-17(27)10-12-26)21(28)25-16-5-3-15(23)4-6-16/h1-8,13,17,24,27H,9-12H2,(H,25,28)/b20-19-,24-13?. The summed E-state index contributed by atoms with van der Waals surface area (Å²) < 4.78 is 6.81. The van der Waals surface area contributed by atoms with Crippen LogP contribution < -0.4 is 10.1 Å². The number of carbonyl (C=O) groups is 1. The summed E-state index contributed by atoms with van der Waals surface area (Å²) >= 11 is 9.29. The summed E-state index contributed by atoms with van der Waals surface area (Å²) in [7, 11) is 0. The number of anilines is 1. The molecule has 1 aliphatic heterocycles. The minimum absolute atomic E-state index is 0.0219. The van der Waals surface area contributed by atoms with Crippen LogP contribution in [0, 0.1) is 5.41 Å². The zero-order valence-corrected chi connectivity index (χ0v) is 17.9. The third-order valence-corrected chi connectivity index (χ3v) is 5.30. The number of aliphatic hydroxyl groups is 1. The van der Waals surface area contributed by atoms with Crippen LogP contribution in [-0.2, 0) is 4.79 Å². The van der Waals surface area contributed by atoms with Crippen LogP contribution >= 0.6 is 27.5 Å². The molecule has 0 aliphatic carbocycles. The summed E-state index contributed by atoms with van der Waals surface area (Å²) in [4.78, 5) is 14.9. The van der Waals surface area contributed by atoms with Gasteiger partial charge in [0, 0.05) is 34.5 Å². The van der Waals surface area contributed by atoms with E-state index in [4.69, 9.17) is 21.7 Å². The molecule has 0 unspecified atom stereocenters. The smallest absolute Gasteiger partial charge is 0.293 e. The van der Waals surface area contributed by atoms with Crippen LogP contribution in [0.4, 0.5) is 5.69 Å². The lowest BCUT2D eigenvalue weighted by atomic mass is 10.1. The molecular formula is C21H21BrClN3O3. The summed E-state index contributed by atoms with van der Waals surface area (Å²) in [5, 5.41) is 21.0. The lowest BCUT2D eigenvalue weighted by molar-refractivity contribution is -0.115. The molecule has 1 saturated heterocycles. The quantitative estimate of drug-likeness (QED) is 0.325. The van der Waals surface area contributed by atoms with Gasteiger partial charge in [0.25, 0.3) is 5.91 Å². The fraction of sp³-hybridized carbons (Fsp3) is 0.238. The number of nitrogens with zero attached hydrogens (tertiary/aromatic N) is 1. The van der Waals surface area contributed by atoms with E-state index in [-0.39, 0.29) is 11.9 Å². The van der Waals surface area contributed by atoms with E-state index in [0.717, 1.165) is 10.7 Å². The minimum Gasteiger partial charge on any atom is -0.449 e. The molecule has 29 heavy (non-hydrogen) atoms. The number of nitrogens with one attached hydrogen (secondary N) is 2. The fourth-order valence-electron chi connectivity index (χ4n) is 2.96. The number of piperidine rings is 1. The minimum atomic E-state index is -0.472. The highest BCUT2D eigenvalue weighted by Gasteiger charge is 2.25. The predicted molar refractivity (Wildman–Crippen MR) is 117 cm³/mol. The van der Waals surface area contributed by atoms with Gasteiger partial charge in [-0.3, -0.25) is 4.79 Å². The molecule has 2 aromatic rings. The molecule has 0 radical (unpaired) electrons. The summed E-state index contributed by atoms with van der Waals surface area (Å²) in [6.45, 7) is 1.07. The van der Waals surface area contributed by atoms with Gasteiger partial charge in [0.1, 0.15) is 11.4 Å². The number of amides is 1. The largest absolute Gasteiger partial charge is 0.449 e. The van der Waals surface area contributed by atoms with Gasteiger partial charge < -0.3 is 25.5 Å². The van der Waals surface area contributed by atoms with Crippen LogP contribution in [0.15, 0.2) is 64.5 Å². The van der Waals surface area contributed by atoms with E-state index in [1.807, 2.05) is 17.0 Å². The molecule has 1 aliphatic rings. The number of likely N-dealkylation sites (tertiary alicyclic amines) is 1. The summed E-state index contributed by atoms with van der Waals surface area (Å²) in [5.41, 5.74) is 0.931. The van der Waals surface area contributed by atoms with Crippen LogP contribution in [0.1, 0.15) is 12.8 Å². The zero-order chi connectivity index (χ0) is 20.8. The van der Waals surface area contributed by atoms with Crippen LogP contribution in [0.3, 0.4) is 0 Å². The van der Waals surface area contributed by atoms with Crippen molar-refractivity contribution in [3.8, 4) is 5.75 Å². The van der Waals surface area contributed by atoms with Gasteiger partial charge in [-0.2, -0.15) is 0 Å². The van der Waals surface area contributed by atoms with Crippen molar-refractivity contribution in [2.75, 3.05) is 18.4 Å². The normalized spacial score (nSPS) is 15.5. The SMILES string of the molecule is N=C/C(=C(/Oc1ccc(Br)cc1)C(=O)Nc1ccc(Cl)cc1)N1CCC(O)CC1. The Morgan fingerprint density at radius 3 is 2.38 bits per heavy atom. The second kappa shape index (κ2) is 9.91. The maximum atomic E-state index is 13.1. The van der Waals surface area contributed by atoms with E-state index in [0.29, 0.717) is 48.1 Å². The van der Waals surface area contributed by atoms with Crippen LogP contribution in [0.5, 0.6) is 5.75 Å². The highest BCUT2D eigenvalue weighted by atomic mass is 79.9. The van der Waals surface area contributed by atoms with Gasteiger partial charge >= 0.3 is 0 Å². The van der Waals surface area contributed by atoms with Crippen molar-refractivity contribution in [1.29, 1.82) is 5.41 Å². The van der Waals surface area contributed by atoms with Crippen LogP contribution in [0.25, 0.3) is 0 Å². The highest BCUT2D eigenvalue weighted by Crippen LogP contribution is 2.24. The molecule has 0 aromatic heterocycles. The van der Waals surface area contributed by atoms with E-state index < -0.39 is 5.91 Å². The van der Waals surface area contributed by atoms with Crippen molar-refractivity contribution >= 4 is 45.3 Å². The number of allylic oxidation sites excluding steroid dienone is 1. The Balaban J connectivity index is 1.92. The number of carbonyl (C=O) groups excluding carboxylic acids is 1. The number of hydrogen-bond donors (Lipinski definition) is 3. The molecule has 6 nitrogen and oxygen atoms in total. The summed E-state index contributed by atoms with van der Waals surface area (Å²) in [6, 6.07) is 13.8. The number of halogens is 2. The maximum Gasteiger partial charge on any atom is 0.293 e. The molecule has 0 saturated carbocycles. The average molecular weight is 479 g/mol. The third-order valence-electron chi connectivity index (χ3n) is 4.52. The molecule has 2 aromatic carbocycles. The van der Waals surface area contributed by atoms with Gasteiger partial charge in [0.2, 0.25) is 5.76 Å². The van der Waals surface area contributed by atoms with Gasteiger partial charge in [-0.15, -0.1) is 0 Å². The van der Waals surface area contributed by atoms with Crippen molar-refractivity contribution in [1.82, 2.24) is 4.90 Å². The molecule has 1 fully saturated rings. The molecule has 0 atom stereocenters. The predicted octanol–water partition coefficient (Wildman–Crippen LogP) is 4.44. The van der Waals surface area contributed by atoms with E-state index in [9.17, 15) is 9.90 Å². The highest BCUT2D eigenvalue weighted by molar-refractivity contribution is 9.10. The lowest BCUT2D eigenvalue weighted by Gasteiger charge is -2.32. The van der Waals surface area contributed by atoms with Crippen molar-refractivity contribution in [2.45, 2.75) is 18.9 Å². The molecule has 3 rings (SSSR count). The van der Waals surface area contributed by atoms with E-state index in [1.54, 1.807) is 36.4 Å². The van der Waals surface area contributed by atoms with E-state index in [1.165, 1.54) is 0 Å². The second-order valence-corrected chi connectivity index (χ2v) is 7.95. The first kappa shape index (κ1) is 21.4. The van der Waals surface area contributed by atoms with Crippen molar-refractivity contribution in [3.05, 3.63) is 69.5 Å². The average Bonchev–Trinajstić information content (AvgIpc) is 2.72. The van der Waals surface area contributed by atoms with Gasteiger partial charge in [0.15, 0.2) is 0 Å². The number of rotatable bonds is 6. The Kier molecular flexibility index (Phi) is 7.30. The first-order valence-corrected chi connectivity index (χ1v) is 10.3. The topological polar surface area (TPSA) is 85.7 Å². The van der Waals surface area contributed by atoms with Crippen molar-refractivity contribution in [3.63, 3.8) is 0 Å². The molecule has 0 spiro atoms. The summed E-state index contributed by atoms with van der Waals surface area (Å²) in [5.74, 6) is 0.0272. The number of hydrogen-bond acceptors (Lipinski definition) is 5. The van der Waals surface area contributed by atoms with E-state index >= 15 is 0 Å². The Bertz CT molecular complexity index is 892. The lowest BCUT2D eigenvalue weighted by Crippen LogP contribution is -2.38. The van der Waals surface area contributed by atoms with Crippen LogP contribution in [0.2, 0.25) is 5.02 Å². The molecule has 0 bridgehead atoms. The Morgan fingerprint density at radius 1 is 1.17 bits per heavy atom. The number of aliphatic hydroxyl groups excluding tert-OH is 1. The third kappa shape index (κ3) is 5.82. The first-order valence-electron chi connectivity index (χ1n) is 9.14. The Morgan fingerprint density at radius 2 is 1.79 bits per heavy atom. The monoisotopic (exact) mass is 477 g/mol. The van der Waals surface area contributed by atoms with Crippen molar-refractivity contribution in [2.24, 2.45) is 0 Å². The molecular weight excluding hydrogens is 458 g/mol.